The van der Waals surface area contributed by atoms with E-state index in [0.717, 1.165) is 95.8 Å². The van der Waals surface area contributed by atoms with E-state index in [2.05, 4.69) is 34.6 Å². The maximum Gasteiger partial charge on any atom is 0.472 e. The van der Waals surface area contributed by atoms with Gasteiger partial charge in [0.15, 0.2) is 12.2 Å². The molecule has 3 N–H and O–H groups in total. The van der Waals surface area contributed by atoms with Gasteiger partial charge in [-0.1, -0.05) is 272 Å². The highest BCUT2D eigenvalue weighted by atomic mass is 31.2. The molecule has 0 aromatic rings. The lowest BCUT2D eigenvalue weighted by molar-refractivity contribution is -0.161. The number of carbonyl (C=O) groups excluding carboxylic acids is 4. The number of unbranched alkanes of at least 4 members (excludes halogenated alkanes) is 36. The SMILES string of the molecule is CCCCCCCCCCCCCC(=O)OC[C@H](COP(=O)(O)OC[C@@H](O)COP(=O)(O)OC[C@@H](COC(=O)CCCCCCCCCCCC)OC(=O)CCCCCCCCCCCC)OC(=O)CCCCCCCCCCCC(C)C. The number of rotatable bonds is 64. The predicted octanol–water partition coefficient (Wildman–Crippen LogP) is 17.8. The first-order chi connectivity index (χ1) is 40.0. The van der Waals surface area contributed by atoms with Crippen LogP contribution < -0.4 is 0 Å². The maximum absolute atomic E-state index is 13.0. The molecule has 0 rings (SSSR count). The Balaban J connectivity index is 5.24. The quantitative estimate of drug-likeness (QED) is 0.0222. The molecule has 0 spiro atoms. The predicted molar refractivity (Wildman–Crippen MR) is 331 cm³/mol. The van der Waals surface area contributed by atoms with Gasteiger partial charge in [0.2, 0.25) is 0 Å². The molecule has 0 amide bonds. The first kappa shape index (κ1) is 81.1. The molecule has 0 heterocycles. The Morgan fingerprint density at radius 3 is 0.819 bits per heavy atom. The minimum absolute atomic E-state index is 0.106. The smallest absolute Gasteiger partial charge is 0.462 e. The minimum Gasteiger partial charge on any atom is -0.462 e. The van der Waals surface area contributed by atoms with Gasteiger partial charge in [0.1, 0.15) is 19.3 Å². The van der Waals surface area contributed by atoms with Gasteiger partial charge >= 0.3 is 39.5 Å². The first-order valence-corrected chi connectivity index (χ1v) is 36.6. The number of hydrogen-bond donors (Lipinski definition) is 3. The number of phosphoric ester groups is 2. The van der Waals surface area contributed by atoms with Crippen LogP contribution in [0.15, 0.2) is 0 Å². The van der Waals surface area contributed by atoms with E-state index >= 15 is 0 Å². The number of aliphatic hydroxyl groups excluding tert-OH is 1. The molecule has 0 fully saturated rings. The number of hydrogen-bond acceptors (Lipinski definition) is 15. The molecule has 0 aliphatic heterocycles. The zero-order valence-electron chi connectivity index (χ0n) is 53.3. The fraction of sp³-hybridized carbons (Fsp3) is 0.938. The molecule has 0 saturated carbocycles. The van der Waals surface area contributed by atoms with Crippen molar-refractivity contribution in [2.75, 3.05) is 39.6 Å². The summed E-state index contributed by atoms with van der Waals surface area (Å²) in [7, 11) is -9.88. The van der Waals surface area contributed by atoms with Crippen LogP contribution in [0.4, 0.5) is 0 Å². The van der Waals surface area contributed by atoms with Crippen molar-refractivity contribution in [2.45, 2.75) is 342 Å². The van der Waals surface area contributed by atoms with E-state index in [4.69, 9.17) is 37.0 Å². The van der Waals surface area contributed by atoms with Gasteiger partial charge in [-0.15, -0.1) is 0 Å². The third kappa shape index (κ3) is 58.8. The standard InChI is InChI=1S/C64H124O17P2/c1-6-9-12-15-18-21-24-29-33-38-43-48-62(67)75-54-60(81-64(69)50-45-40-35-30-25-26-31-36-41-46-57(4)5)56-79-83(72,73)77-52-58(65)51-76-82(70,71)78-55-59(80-63(68)49-44-39-34-28-23-20-17-14-11-8-3)53-74-61(66)47-42-37-32-27-22-19-16-13-10-7-2/h57-60,65H,6-56H2,1-5H3,(H,70,71)(H,72,73)/t58-,59+,60+/m0/s1. The molecule has 19 heteroatoms. The largest absolute Gasteiger partial charge is 0.472 e. The molecule has 2 unspecified atom stereocenters. The molecular formula is C64H124O17P2. The number of aliphatic hydroxyl groups is 1. The Kier molecular flexibility index (Phi) is 56.4. The number of esters is 4. The van der Waals surface area contributed by atoms with Crippen molar-refractivity contribution in [3.63, 3.8) is 0 Å². The summed E-state index contributed by atoms with van der Waals surface area (Å²) in [5.74, 6) is -1.40. The van der Waals surface area contributed by atoms with Gasteiger partial charge in [0.05, 0.1) is 26.4 Å². The third-order valence-corrected chi connectivity index (χ3v) is 16.7. The van der Waals surface area contributed by atoms with Crippen molar-refractivity contribution in [3.8, 4) is 0 Å². The van der Waals surface area contributed by atoms with E-state index in [1.54, 1.807) is 0 Å². The van der Waals surface area contributed by atoms with Crippen molar-refractivity contribution >= 4 is 39.5 Å². The highest BCUT2D eigenvalue weighted by Gasteiger charge is 2.30. The summed E-state index contributed by atoms with van der Waals surface area (Å²) in [6, 6.07) is 0. The summed E-state index contributed by atoms with van der Waals surface area (Å²) < 4.78 is 68.0. The van der Waals surface area contributed by atoms with E-state index in [1.807, 2.05) is 0 Å². The van der Waals surface area contributed by atoms with Gasteiger partial charge in [0.25, 0.3) is 0 Å². The fourth-order valence-electron chi connectivity index (χ4n) is 9.58. The zero-order valence-corrected chi connectivity index (χ0v) is 55.1. The Morgan fingerprint density at radius 1 is 0.325 bits per heavy atom. The molecular weight excluding hydrogens is 1100 g/mol. The van der Waals surface area contributed by atoms with Crippen LogP contribution in [-0.4, -0.2) is 96.7 Å². The summed E-state index contributed by atoms with van der Waals surface area (Å²) in [6.07, 6.45) is 41.5. The van der Waals surface area contributed by atoms with Crippen molar-refractivity contribution in [3.05, 3.63) is 0 Å². The number of ether oxygens (including phenoxy) is 4. The van der Waals surface area contributed by atoms with E-state index in [9.17, 15) is 43.2 Å². The van der Waals surface area contributed by atoms with Gasteiger partial charge in [-0.2, -0.15) is 0 Å². The summed E-state index contributed by atoms with van der Waals surface area (Å²) in [5, 5.41) is 10.5. The average Bonchev–Trinajstić information content (AvgIpc) is 3.45. The van der Waals surface area contributed by atoms with Gasteiger partial charge in [-0.3, -0.25) is 37.3 Å². The summed E-state index contributed by atoms with van der Waals surface area (Å²) in [4.78, 5) is 72.2. The third-order valence-electron chi connectivity index (χ3n) is 14.8. The molecule has 0 saturated heterocycles. The maximum atomic E-state index is 13.0. The molecule has 17 nitrogen and oxygen atoms in total. The normalized spacial score (nSPS) is 14.2. The van der Waals surface area contributed by atoms with Gasteiger partial charge in [-0.25, -0.2) is 9.13 Å². The van der Waals surface area contributed by atoms with Crippen LogP contribution >= 0.6 is 15.6 Å². The summed E-state index contributed by atoms with van der Waals surface area (Å²) in [6.45, 7) is 7.16. The van der Waals surface area contributed by atoms with Crippen LogP contribution in [0.1, 0.15) is 324 Å². The number of phosphoric acid groups is 2. The Morgan fingerprint density at radius 2 is 0.554 bits per heavy atom. The molecule has 0 aromatic carbocycles. The van der Waals surface area contributed by atoms with Crippen LogP contribution in [0.2, 0.25) is 0 Å². The fourth-order valence-corrected chi connectivity index (χ4v) is 11.2. The highest BCUT2D eigenvalue weighted by Crippen LogP contribution is 2.45. The van der Waals surface area contributed by atoms with Crippen LogP contribution in [0.25, 0.3) is 0 Å². The summed E-state index contributed by atoms with van der Waals surface area (Å²) >= 11 is 0. The average molecular weight is 1230 g/mol. The summed E-state index contributed by atoms with van der Waals surface area (Å²) in [5.41, 5.74) is 0. The molecule has 0 radical (unpaired) electrons. The molecule has 0 aliphatic carbocycles. The zero-order chi connectivity index (χ0) is 61.3. The second kappa shape index (κ2) is 57.8. The van der Waals surface area contributed by atoms with Crippen LogP contribution in [0.5, 0.6) is 0 Å². The Bertz CT molecular complexity index is 1620. The lowest BCUT2D eigenvalue weighted by Gasteiger charge is -2.21. The van der Waals surface area contributed by atoms with Crippen LogP contribution in [0.3, 0.4) is 0 Å². The molecule has 0 bridgehead atoms. The van der Waals surface area contributed by atoms with Crippen molar-refractivity contribution in [1.29, 1.82) is 0 Å². The molecule has 0 aromatic heterocycles. The monoisotopic (exact) mass is 1230 g/mol. The van der Waals surface area contributed by atoms with E-state index in [1.165, 1.54) is 148 Å². The molecule has 0 aliphatic rings. The van der Waals surface area contributed by atoms with E-state index < -0.39 is 97.5 Å². The molecule has 83 heavy (non-hydrogen) atoms. The lowest BCUT2D eigenvalue weighted by atomic mass is 10.0. The van der Waals surface area contributed by atoms with E-state index in [-0.39, 0.29) is 25.7 Å². The second-order valence-electron chi connectivity index (χ2n) is 23.6. The number of carbonyl (C=O) groups is 4. The minimum atomic E-state index is -4.94. The van der Waals surface area contributed by atoms with Crippen LogP contribution in [0, 0.1) is 5.92 Å². The Labute approximate surface area is 505 Å². The molecule has 492 valence electrons. The van der Waals surface area contributed by atoms with E-state index in [0.29, 0.717) is 25.7 Å². The van der Waals surface area contributed by atoms with Crippen molar-refractivity contribution in [2.24, 2.45) is 5.92 Å². The van der Waals surface area contributed by atoms with Crippen molar-refractivity contribution < 1.29 is 80.2 Å². The van der Waals surface area contributed by atoms with Crippen LogP contribution in [-0.2, 0) is 65.4 Å². The van der Waals surface area contributed by atoms with Gasteiger partial charge in [0, 0.05) is 25.7 Å². The highest BCUT2D eigenvalue weighted by molar-refractivity contribution is 7.47. The second-order valence-corrected chi connectivity index (χ2v) is 26.5. The van der Waals surface area contributed by atoms with Crippen molar-refractivity contribution in [1.82, 2.24) is 0 Å². The first-order valence-electron chi connectivity index (χ1n) is 33.6. The van der Waals surface area contributed by atoms with Gasteiger partial charge in [-0.05, 0) is 31.6 Å². The van der Waals surface area contributed by atoms with Gasteiger partial charge < -0.3 is 33.8 Å². The Hall–Kier alpha value is -1.94. The lowest BCUT2D eigenvalue weighted by Crippen LogP contribution is -2.30. The topological polar surface area (TPSA) is 237 Å². The molecule has 5 atom stereocenters.